The first-order valence-corrected chi connectivity index (χ1v) is 13.3. The molecule has 188 valence electrons. The quantitative estimate of drug-likeness (QED) is 0.469. The molecule has 4 saturated carbocycles. The SMILES string of the molecule is C=C(C)[C@@H]1CC[C@]2(C(=O)O)CC[C@]3(C(=O)O)[C@H](CC[C@@H]4[C@@]5(C)C=C[C@](C)(CO)[C@@H]5CC[C@]43C)[C@@H]12. The molecule has 0 aromatic carbocycles. The lowest BCUT2D eigenvalue weighted by molar-refractivity contribution is -0.232. The molecule has 5 heteroatoms. The van der Waals surface area contributed by atoms with E-state index in [9.17, 15) is 24.9 Å². The van der Waals surface area contributed by atoms with E-state index in [0.717, 1.165) is 37.7 Å². The van der Waals surface area contributed by atoms with Gasteiger partial charge in [-0.3, -0.25) is 9.59 Å². The number of aliphatic hydroxyl groups excluding tert-OH is 1. The lowest BCUT2D eigenvalue weighted by Gasteiger charge is -2.69. The number of hydrogen-bond donors (Lipinski definition) is 3. The highest BCUT2D eigenvalue weighted by molar-refractivity contribution is 5.80. The Bertz CT molecular complexity index is 970. The summed E-state index contributed by atoms with van der Waals surface area (Å²) < 4.78 is 0. The first kappa shape index (κ1) is 24.1. The average Bonchev–Trinajstić information content (AvgIpc) is 3.30. The van der Waals surface area contributed by atoms with Crippen LogP contribution >= 0.6 is 0 Å². The number of aliphatic hydroxyl groups is 1. The maximum Gasteiger partial charge on any atom is 0.310 e. The second kappa shape index (κ2) is 7.21. The predicted octanol–water partition coefficient (Wildman–Crippen LogP) is 5.54. The molecule has 34 heavy (non-hydrogen) atoms. The van der Waals surface area contributed by atoms with Crippen molar-refractivity contribution in [3.8, 4) is 0 Å². The Balaban J connectivity index is 1.64. The van der Waals surface area contributed by atoms with Gasteiger partial charge >= 0.3 is 11.9 Å². The summed E-state index contributed by atoms with van der Waals surface area (Å²) in [4.78, 5) is 26.2. The van der Waals surface area contributed by atoms with Crippen LogP contribution in [0.25, 0.3) is 0 Å². The maximum absolute atomic E-state index is 13.5. The van der Waals surface area contributed by atoms with Gasteiger partial charge in [0.2, 0.25) is 0 Å². The molecule has 0 aliphatic heterocycles. The molecule has 10 atom stereocenters. The van der Waals surface area contributed by atoms with Gasteiger partial charge in [0.05, 0.1) is 17.4 Å². The fourth-order valence-electron chi connectivity index (χ4n) is 10.9. The lowest BCUT2D eigenvalue weighted by atomic mass is 9.33. The zero-order valence-corrected chi connectivity index (χ0v) is 21.3. The van der Waals surface area contributed by atoms with Crippen LogP contribution in [0.3, 0.4) is 0 Å². The molecule has 0 amide bonds. The van der Waals surface area contributed by atoms with E-state index in [1.807, 2.05) is 6.92 Å². The van der Waals surface area contributed by atoms with E-state index in [0.29, 0.717) is 25.2 Å². The van der Waals surface area contributed by atoms with Gasteiger partial charge in [-0.25, -0.2) is 0 Å². The Hall–Kier alpha value is -1.62. The zero-order valence-electron chi connectivity index (χ0n) is 21.3. The summed E-state index contributed by atoms with van der Waals surface area (Å²) >= 11 is 0. The van der Waals surface area contributed by atoms with Crippen molar-refractivity contribution in [1.82, 2.24) is 0 Å². The normalized spacial score (nSPS) is 53.4. The van der Waals surface area contributed by atoms with Gasteiger partial charge in [0.25, 0.3) is 0 Å². The minimum atomic E-state index is -0.919. The van der Waals surface area contributed by atoms with Crippen LogP contribution in [0.2, 0.25) is 0 Å². The molecule has 0 unspecified atom stereocenters. The Morgan fingerprint density at radius 2 is 1.62 bits per heavy atom. The van der Waals surface area contributed by atoms with E-state index < -0.39 is 28.2 Å². The molecule has 0 aromatic heterocycles. The highest BCUT2D eigenvalue weighted by Gasteiger charge is 2.75. The summed E-state index contributed by atoms with van der Waals surface area (Å²) in [6.07, 6.45) is 10.2. The third-order valence-electron chi connectivity index (χ3n) is 12.4. The average molecular weight is 471 g/mol. The van der Waals surface area contributed by atoms with Crippen molar-refractivity contribution < 1.29 is 24.9 Å². The van der Waals surface area contributed by atoms with Gasteiger partial charge in [-0.15, -0.1) is 0 Å². The van der Waals surface area contributed by atoms with E-state index in [1.54, 1.807) is 0 Å². The second-order valence-corrected chi connectivity index (χ2v) is 13.4. The van der Waals surface area contributed by atoms with E-state index in [-0.39, 0.29) is 41.1 Å². The Labute approximate surface area is 203 Å². The molecule has 0 bridgehead atoms. The molecule has 4 fully saturated rings. The van der Waals surface area contributed by atoms with Gasteiger partial charge in [0.15, 0.2) is 0 Å². The van der Waals surface area contributed by atoms with Crippen LogP contribution in [0.5, 0.6) is 0 Å². The highest BCUT2D eigenvalue weighted by Crippen LogP contribution is 2.77. The number of carbonyl (C=O) groups is 2. The molecule has 0 spiro atoms. The molecule has 0 aromatic rings. The minimum absolute atomic E-state index is 0.0799. The van der Waals surface area contributed by atoms with Crippen molar-refractivity contribution >= 4 is 11.9 Å². The summed E-state index contributed by atoms with van der Waals surface area (Å²) in [5.41, 5.74) is -1.55. The van der Waals surface area contributed by atoms with Gasteiger partial charge in [-0.2, -0.15) is 0 Å². The fourth-order valence-corrected chi connectivity index (χ4v) is 10.9. The van der Waals surface area contributed by atoms with E-state index in [1.165, 1.54) is 0 Å². The highest BCUT2D eigenvalue weighted by atomic mass is 16.4. The standard InChI is InChI=1S/C29H42O5/c1-17(2)18-8-11-28(23(31)32)14-15-29(24(33)34)19(22(18)28)6-7-21-26(4)13-12-25(3,16-30)20(26)9-10-27(21,29)5/h12-13,18-22,30H,1,6-11,14-16H2,2-5H3,(H,31,32)(H,33,34)/t18-,19+,20-,21+,22+,25+,26-,27+,28-,29+/m0/s1. The van der Waals surface area contributed by atoms with Gasteiger partial charge in [-0.05, 0) is 98.7 Å². The van der Waals surface area contributed by atoms with Crippen LogP contribution in [0.4, 0.5) is 0 Å². The summed E-state index contributed by atoms with van der Waals surface area (Å²) in [6, 6.07) is 0. The van der Waals surface area contributed by atoms with Crippen molar-refractivity contribution in [3.05, 3.63) is 24.3 Å². The molecular formula is C29H42O5. The third kappa shape index (κ3) is 2.55. The second-order valence-electron chi connectivity index (χ2n) is 13.4. The van der Waals surface area contributed by atoms with Crippen LogP contribution < -0.4 is 0 Å². The predicted molar refractivity (Wildman–Crippen MR) is 130 cm³/mol. The van der Waals surface area contributed by atoms with Gasteiger partial charge in [0, 0.05) is 5.41 Å². The molecule has 0 heterocycles. The van der Waals surface area contributed by atoms with Crippen LogP contribution in [0.1, 0.15) is 79.1 Å². The monoisotopic (exact) mass is 470 g/mol. The summed E-state index contributed by atoms with van der Waals surface area (Å²) in [5.74, 6) is -1.16. The molecule has 5 nitrogen and oxygen atoms in total. The van der Waals surface area contributed by atoms with Crippen molar-refractivity contribution in [1.29, 1.82) is 0 Å². The number of carboxylic acids is 2. The Kier molecular flexibility index (Phi) is 5.11. The minimum Gasteiger partial charge on any atom is -0.481 e. The molecule has 5 aliphatic rings. The summed E-state index contributed by atoms with van der Waals surface area (Å²) in [7, 11) is 0. The topological polar surface area (TPSA) is 94.8 Å². The van der Waals surface area contributed by atoms with Crippen molar-refractivity contribution in [2.45, 2.75) is 79.1 Å². The number of hydrogen-bond acceptors (Lipinski definition) is 3. The van der Waals surface area contributed by atoms with Crippen LogP contribution in [0, 0.1) is 56.7 Å². The molecule has 0 radical (unpaired) electrons. The molecule has 5 aliphatic carbocycles. The molecular weight excluding hydrogens is 428 g/mol. The van der Waals surface area contributed by atoms with Gasteiger partial charge < -0.3 is 15.3 Å². The zero-order chi connectivity index (χ0) is 24.9. The summed E-state index contributed by atoms with van der Waals surface area (Å²) in [6.45, 7) is 13.0. The number of rotatable bonds is 4. The van der Waals surface area contributed by atoms with E-state index in [2.05, 4.69) is 39.5 Å². The van der Waals surface area contributed by atoms with E-state index in [4.69, 9.17) is 0 Å². The van der Waals surface area contributed by atoms with Crippen LogP contribution in [0.15, 0.2) is 24.3 Å². The number of carboxylic acid groups (broad SMARTS) is 2. The van der Waals surface area contributed by atoms with E-state index >= 15 is 0 Å². The Morgan fingerprint density at radius 1 is 0.912 bits per heavy atom. The van der Waals surface area contributed by atoms with Crippen molar-refractivity contribution in [3.63, 3.8) is 0 Å². The summed E-state index contributed by atoms with van der Waals surface area (Å²) in [5, 5.41) is 31.7. The number of allylic oxidation sites excluding steroid dienone is 2. The fraction of sp³-hybridized carbons (Fsp3) is 0.793. The smallest absolute Gasteiger partial charge is 0.310 e. The molecule has 5 rings (SSSR count). The van der Waals surface area contributed by atoms with Gasteiger partial charge in [-0.1, -0.05) is 45.1 Å². The lowest BCUT2D eigenvalue weighted by Crippen LogP contribution is -2.68. The van der Waals surface area contributed by atoms with Crippen LogP contribution in [-0.4, -0.2) is 33.9 Å². The molecule has 0 saturated heterocycles. The molecule has 3 N–H and O–H groups in total. The maximum atomic E-state index is 13.5. The number of aliphatic carboxylic acids is 2. The third-order valence-corrected chi connectivity index (χ3v) is 12.4. The van der Waals surface area contributed by atoms with Crippen molar-refractivity contribution in [2.75, 3.05) is 6.61 Å². The number of fused-ring (bicyclic) bond motifs is 7. The first-order valence-electron chi connectivity index (χ1n) is 13.3. The van der Waals surface area contributed by atoms with Gasteiger partial charge in [0.1, 0.15) is 0 Å². The van der Waals surface area contributed by atoms with Crippen molar-refractivity contribution in [2.24, 2.45) is 56.7 Å². The first-order chi connectivity index (χ1) is 15.8. The Morgan fingerprint density at radius 3 is 2.21 bits per heavy atom. The largest absolute Gasteiger partial charge is 0.481 e. The van der Waals surface area contributed by atoms with Crippen LogP contribution in [-0.2, 0) is 9.59 Å².